The molecule has 0 unspecified atom stereocenters. The topological polar surface area (TPSA) is 76.9 Å². The van der Waals surface area contributed by atoms with E-state index >= 15 is 0 Å². The number of imidazole rings is 1. The summed E-state index contributed by atoms with van der Waals surface area (Å²) in [4.78, 5) is 13.9. The number of fused-ring (bicyclic) bond motifs is 1. The molecule has 2 aliphatic carbocycles. The lowest BCUT2D eigenvalue weighted by molar-refractivity contribution is 0.413. The largest absolute Gasteiger partial charge is 0.494 e. The van der Waals surface area contributed by atoms with Crippen molar-refractivity contribution in [1.29, 1.82) is 0 Å². The van der Waals surface area contributed by atoms with Gasteiger partial charge in [0.2, 0.25) is 5.95 Å². The Balaban J connectivity index is 1.32. The Morgan fingerprint density at radius 2 is 1.95 bits per heavy atom. The van der Waals surface area contributed by atoms with Crippen LogP contribution < -0.4 is 15.4 Å². The van der Waals surface area contributed by atoms with Crippen LogP contribution in [0.4, 0.5) is 21.8 Å². The molecule has 4 aromatic rings. The van der Waals surface area contributed by atoms with Crippen molar-refractivity contribution in [3.8, 4) is 11.4 Å². The summed E-state index contributed by atoms with van der Waals surface area (Å²) in [5.74, 6) is 2.77. The molecule has 2 aromatic carbocycles. The molecule has 6 rings (SSSR count). The zero-order chi connectivity index (χ0) is 25.4. The van der Waals surface area contributed by atoms with Gasteiger partial charge in [0.25, 0.3) is 0 Å². The van der Waals surface area contributed by atoms with Gasteiger partial charge in [0.15, 0.2) is 0 Å². The van der Waals surface area contributed by atoms with Gasteiger partial charge in [0.05, 0.1) is 18.5 Å². The van der Waals surface area contributed by atoms with E-state index in [9.17, 15) is 4.39 Å². The molecule has 0 bridgehead atoms. The van der Waals surface area contributed by atoms with Gasteiger partial charge in [-0.05, 0) is 55.0 Å². The molecule has 2 N–H and O–H groups in total. The average molecular weight is 519 g/mol. The third kappa shape index (κ3) is 5.11. The second-order valence-electron chi connectivity index (χ2n) is 9.68. The Bertz CT molecular complexity index is 1420. The third-order valence-corrected chi connectivity index (χ3v) is 7.33. The number of benzene rings is 2. The van der Waals surface area contributed by atoms with Crippen LogP contribution in [0.3, 0.4) is 0 Å². The van der Waals surface area contributed by atoms with Crippen LogP contribution in [0.25, 0.3) is 5.69 Å². The molecule has 0 amide bonds. The molecule has 0 spiro atoms. The van der Waals surface area contributed by atoms with E-state index in [4.69, 9.17) is 26.3 Å². The number of methoxy groups -OCH3 is 1. The molecular formula is C28H28ClFN6O. The fourth-order valence-electron chi connectivity index (χ4n) is 5.01. The van der Waals surface area contributed by atoms with Gasteiger partial charge in [-0.3, -0.25) is 0 Å². The number of hydrogen-bond acceptors (Lipinski definition) is 6. The first-order valence-electron chi connectivity index (χ1n) is 12.6. The van der Waals surface area contributed by atoms with Crippen molar-refractivity contribution in [2.24, 2.45) is 5.92 Å². The van der Waals surface area contributed by atoms with Crippen LogP contribution in [0.2, 0.25) is 5.15 Å². The van der Waals surface area contributed by atoms with Crippen molar-refractivity contribution in [2.45, 2.75) is 38.0 Å². The van der Waals surface area contributed by atoms with Crippen LogP contribution in [0.1, 0.15) is 48.4 Å². The van der Waals surface area contributed by atoms with Crippen molar-refractivity contribution in [1.82, 2.24) is 19.5 Å². The molecular weight excluding hydrogens is 491 g/mol. The molecule has 1 fully saturated rings. The van der Waals surface area contributed by atoms with E-state index < -0.39 is 0 Å². The van der Waals surface area contributed by atoms with Crippen molar-refractivity contribution < 1.29 is 9.13 Å². The number of rotatable bonds is 9. The first kappa shape index (κ1) is 23.7. The standard InChI is InChI=1S/C28H28ClFN6O/c1-37-24-14-20(8-11-23(24)36-15-25(29)32-16-36)33-28-34-26-21(18-4-6-19(30)7-5-18)9-10-22(26)27(35-28)31-13-12-17-2-3-17/h4-8,11,14-17,21H,2-3,9-10,12-13H2,1H3,(H2,31,33,34,35)/t21-/m0/s1. The maximum absolute atomic E-state index is 13.6. The normalized spacial score (nSPS) is 16.5. The molecule has 7 nitrogen and oxygen atoms in total. The fraction of sp³-hybridized carbons (Fsp3) is 0.321. The summed E-state index contributed by atoms with van der Waals surface area (Å²) in [6, 6.07) is 12.5. The van der Waals surface area contributed by atoms with Crippen molar-refractivity contribution in [3.63, 3.8) is 0 Å². The molecule has 0 aliphatic heterocycles. The van der Waals surface area contributed by atoms with Gasteiger partial charge >= 0.3 is 0 Å². The van der Waals surface area contributed by atoms with E-state index in [0.717, 1.165) is 65.7 Å². The van der Waals surface area contributed by atoms with E-state index in [2.05, 4.69) is 15.6 Å². The molecule has 0 radical (unpaired) electrons. The summed E-state index contributed by atoms with van der Waals surface area (Å²) < 4.78 is 21.0. The lowest BCUT2D eigenvalue weighted by atomic mass is 9.97. The molecule has 190 valence electrons. The highest BCUT2D eigenvalue weighted by Crippen LogP contribution is 2.41. The summed E-state index contributed by atoms with van der Waals surface area (Å²) in [5, 5.41) is 7.36. The molecule has 2 aromatic heterocycles. The summed E-state index contributed by atoms with van der Waals surface area (Å²) in [7, 11) is 1.63. The van der Waals surface area contributed by atoms with Crippen LogP contribution in [-0.4, -0.2) is 33.2 Å². The van der Waals surface area contributed by atoms with Crippen LogP contribution in [0, 0.1) is 11.7 Å². The number of ether oxygens (including phenoxy) is 1. The van der Waals surface area contributed by atoms with E-state index in [1.165, 1.54) is 25.0 Å². The zero-order valence-electron chi connectivity index (χ0n) is 20.5. The minimum atomic E-state index is -0.232. The number of aromatic nitrogens is 4. The van der Waals surface area contributed by atoms with E-state index in [-0.39, 0.29) is 11.7 Å². The van der Waals surface area contributed by atoms with E-state index in [0.29, 0.717) is 16.9 Å². The van der Waals surface area contributed by atoms with Gasteiger partial charge in [-0.25, -0.2) is 14.4 Å². The first-order valence-corrected chi connectivity index (χ1v) is 13.0. The van der Waals surface area contributed by atoms with Crippen LogP contribution >= 0.6 is 11.6 Å². The summed E-state index contributed by atoms with van der Waals surface area (Å²) in [6.07, 6.45) is 8.99. The Morgan fingerprint density at radius 1 is 1.11 bits per heavy atom. The lowest BCUT2D eigenvalue weighted by Crippen LogP contribution is -2.11. The zero-order valence-corrected chi connectivity index (χ0v) is 21.3. The van der Waals surface area contributed by atoms with Gasteiger partial charge in [0.1, 0.15) is 28.9 Å². The molecule has 37 heavy (non-hydrogen) atoms. The first-order chi connectivity index (χ1) is 18.1. The van der Waals surface area contributed by atoms with E-state index in [1.54, 1.807) is 19.6 Å². The van der Waals surface area contributed by atoms with Crippen LogP contribution in [0.15, 0.2) is 55.0 Å². The average Bonchev–Trinajstić information content (AvgIpc) is 3.47. The van der Waals surface area contributed by atoms with Gasteiger partial charge < -0.3 is 19.9 Å². The number of halogens is 2. The van der Waals surface area contributed by atoms with Gasteiger partial charge in [-0.2, -0.15) is 4.98 Å². The molecule has 1 atom stereocenters. The second-order valence-corrected chi connectivity index (χ2v) is 10.1. The third-order valence-electron chi connectivity index (χ3n) is 7.13. The molecule has 0 saturated heterocycles. The number of nitrogens with one attached hydrogen (secondary N) is 2. The summed E-state index contributed by atoms with van der Waals surface area (Å²) in [5.41, 5.74) is 4.84. The number of anilines is 3. The van der Waals surface area contributed by atoms with Gasteiger partial charge in [0, 0.05) is 36.0 Å². The Morgan fingerprint density at radius 3 is 2.68 bits per heavy atom. The predicted molar refractivity (Wildman–Crippen MR) is 143 cm³/mol. The van der Waals surface area contributed by atoms with Crippen molar-refractivity contribution >= 4 is 29.1 Å². The quantitative estimate of drug-likeness (QED) is 0.263. The van der Waals surface area contributed by atoms with Crippen LogP contribution in [-0.2, 0) is 6.42 Å². The lowest BCUT2D eigenvalue weighted by Gasteiger charge is -2.17. The fourth-order valence-corrected chi connectivity index (χ4v) is 5.16. The second kappa shape index (κ2) is 10.0. The minimum Gasteiger partial charge on any atom is -0.494 e. The predicted octanol–water partition coefficient (Wildman–Crippen LogP) is 6.50. The molecule has 2 heterocycles. The monoisotopic (exact) mass is 518 g/mol. The minimum absolute atomic E-state index is 0.103. The van der Waals surface area contributed by atoms with E-state index in [1.807, 2.05) is 34.9 Å². The molecule has 9 heteroatoms. The Labute approximate surface area is 220 Å². The van der Waals surface area contributed by atoms with Gasteiger partial charge in [-0.1, -0.05) is 36.6 Å². The highest BCUT2D eigenvalue weighted by Gasteiger charge is 2.30. The van der Waals surface area contributed by atoms with Gasteiger partial charge in [-0.15, -0.1) is 0 Å². The van der Waals surface area contributed by atoms with Crippen molar-refractivity contribution in [2.75, 3.05) is 24.3 Å². The Hall–Kier alpha value is -3.65. The Kier molecular flexibility index (Phi) is 6.42. The smallest absolute Gasteiger partial charge is 0.229 e. The highest BCUT2D eigenvalue weighted by molar-refractivity contribution is 6.29. The number of nitrogens with zero attached hydrogens (tertiary/aromatic N) is 4. The summed E-state index contributed by atoms with van der Waals surface area (Å²) in [6.45, 7) is 0.894. The summed E-state index contributed by atoms with van der Waals surface area (Å²) >= 11 is 6.00. The molecule has 2 aliphatic rings. The maximum Gasteiger partial charge on any atom is 0.229 e. The number of hydrogen-bond donors (Lipinski definition) is 2. The molecule has 1 saturated carbocycles. The maximum atomic E-state index is 13.6. The highest BCUT2D eigenvalue weighted by atomic mass is 35.5. The SMILES string of the molecule is COc1cc(Nc2nc(NCCC3CC3)c3c(n2)[C@H](c2ccc(F)cc2)CC3)ccc1-n1cnc(Cl)c1. The van der Waals surface area contributed by atoms with Crippen LogP contribution in [0.5, 0.6) is 5.75 Å². The van der Waals surface area contributed by atoms with Crippen molar-refractivity contribution in [3.05, 3.63) is 82.8 Å².